The van der Waals surface area contributed by atoms with Gasteiger partial charge in [-0.2, -0.15) is 13.2 Å². The van der Waals surface area contributed by atoms with E-state index in [0.29, 0.717) is 16.4 Å². The van der Waals surface area contributed by atoms with Crippen molar-refractivity contribution in [2.45, 2.75) is 12.1 Å². The van der Waals surface area contributed by atoms with E-state index in [9.17, 15) is 22.8 Å². The van der Waals surface area contributed by atoms with E-state index in [0.717, 1.165) is 16.0 Å². The van der Waals surface area contributed by atoms with Crippen LogP contribution in [0.4, 0.5) is 24.5 Å². The molecule has 1 fully saturated rings. The molecule has 0 saturated carbocycles. The van der Waals surface area contributed by atoms with Gasteiger partial charge in [-0.3, -0.25) is 9.59 Å². The molecule has 0 aliphatic carbocycles. The summed E-state index contributed by atoms with van der Waals surface area (Å²) in [5.41, 5.74) is 2.72. The van der Waals surface area contributed by atoms with Crippen molar-refractivity contribution in [1.29, 1.82) is 0 Å². The molecular formula is C26H23ClF3N3O2. The number of benzene rings is 3. The summed E-state index contributed by atoms with van der Waals surface area (Å²) in [5, 5.41) is 3.39. The lowest BCUT2D eigenvalue weighted by atomic mass is 9.90. The SMILES string of the molecule is O=C(Nc1cc(Cl)ccc1N1CCN(C(=O)C(F)(F)F)CC1)C(c1ccccc1)c1ccccc1. The van der Waals surface area contributed by atoms with Crippen molar-refractivity contribution in [2.75, 3.05) is 36.4 Å². The van der Waals surface area contributed by atoms with Crippen LogP contribution in [0.2, 0.25) is 5.02 Å². The average Bonchev–Trinajstić information content (AvgIpc) is 2.85. The molecule has 4 rings (SSSR count). The minimum atomic E-state index is -4.90. The number of anilines is 2. The lowest BCUT2D eigenvalue weighted by molar-refractivity contribution is -0.185. The predicted molar refractivity (Wildman–Crippen MR) is 130 cm³/mol. The zero-order chi connectivity index (χ0) is 25.0. The van der Waals surface area contributed by atoms with Gasteiger partial charge in [0.05, 0.1) is 17.3 Å². The van der Waals surface area contributed by atoms with Gasteiger partial charge in [-0.1, -0.05) is 72.3 Å². The molecule has 0 atom stereocenters. The fourth-order valence-electron chi connectivity index (χ4n) is 4.20. The topological polar surface area (TPSA) is 52.7 Å². The third kappa shape index (κ3) is 5.77. The maximum absolute atomic E-state index is 13.6. The molecule has 0 aromatic heterocycles. The van der Waals surface area contributed by atoms with Crippen LogP contribution in [0.1, 0.15) is 17.0 Å². The number of hydrogen-bond donors (Lipinski definition) is 1. The number of halogens is 4. The number of carbonyl (C=O) groups excluding carboxylic acids is 2. The summed E-state index contributed by atoms with van der Waals surface area (Å²) >= 11 is 6.22. The van der Waals surface area contributed by atoms with Crippen LogP contribution in [0.15, 0.2) is 78.9 Å². The summed E-state index contributed by atoms with van der Waals surface area (Å²) in [4.78, 5) is 27.8. The van der Waals surface area contributed by atoms with Gasteiger partial charge < -0.3 is 15.1 Å². The molecule has 1 N–H and O–H groups in total. The maximum atomic E-state index is 13.6. The quantitative estimate of drug-likeness (QED) is 0.515. The number of carbonyl (C=O) groups is 2. The first-order chi connectivity index (χ1) is 16.7. The van der Waals surface area contributed by atoms with Gasteiger partial charge in [0, 0.05) is 31.2 Å². The highest BCUT2D eigenvalue weighted by atomic mass is 35.5. The van der Waals surface area contributed by atoms with Gasteiger partial charge in [0.25, 0.3) is 0 Å². The predicted octanol–water partition coefficient (Wildman–Crippen LogP) is 5.32. The Balaban J connectivity index is 1.57. The summed E-state index contributed by atoms with van der Waals surface area (Å²) in [6.45, 7) is 0.219. The smallest absolute Gasteiger partial charge is 0.366 e. The van der Waals surface area contributed by atoms with E-state index in [-0.39, 0.29) is 32.1 Å². The first-order valence-corrected chi connectivity index (χ1v) is 11.4. The van der Waals surface area contributed by atoms with Crippen LogP contribution in [0.25, 0.3) is 0 Å². The number of alkyl halides is 3. The van der Waals surface area contributed by atoms with Crippen LogP contribution in [0.5, 0.6) is 0 Å². The Morgan fingerprint density at radius 3 is 1.89 bits per heavy atom. The fourth-order valence-corrected chi connectivity index (χ4v) is 4.38. The van der Waals surface area contributed by atoms with Gasteiger partial charge in [0.15, 0.2) is 0 Å². The molecule has 0 radical (unpaired) electrons. The van der Waals surface area contributed by atoms with Gasteiger partial charge in [-0.25, -0.2) is 0 Å². The van der Waals surface area contributed by atoms with E-state index in [1.165, 1.54) is 0 Å². The van der Waals surface area contributed by atoms with E-state index < -0.39 is 18.0 Å². The molecule has 0 unspecified atom stereocenters. The number of hydrogen-bond acceptors (Lipinski definition) is 3. The fraction of sp³-hybridized carbons (Fsp3) is 0.231. The van der Waals surface area contributed by atoms with Gasteiger partial charge in [0.1, 0.15) is 0 Å². The Morgan fingerprint density at radius 1 is 0.829 bits per heavy atom. The standard InChI is InChI=1S/C26H23ClF3N3O2/c27-20-11-12-22(32-13-15-33(16-14-32)25(35)26(28,29)30)21(17-20)31-24(34)23(18-7-3-1-4-8-18)19-9-5-2-6-10-19/h1-12,17,23H,13-16H2,(H,31,34). The minimum Gasteiger partial charge on any atom is -0.366 e. The number of piperazine rings is 1. The maximum Gasteiger partial charge on any atom is 0.471 e. The van der Waals surface area contributed by atoms with Crippen LogP contribution in [-0.2, 0) is 9.59 Å². The van der Waals surface area contributed by atoms with E-state index in [1.807, 2.05) is 65.6 Å². The lowest BCUT2D eigenvalue weighted by Crippen LogP contribution is -2.52. The molecule has 1 saturated heterocycles. The van der Waals surface area contributed by atoms with Crippen molar-refractivity contribution in [3.8, 4) is 0 Å². The molecule has 0 spiro atoms. The number of nitrogens with zero attached hydrogens (tertiary/aromatic N) is 2. The van der Waals surface area contributed by atoms with Gasteiger partial charge in [-0.05, 0) is 29.3 Å². The molecule has 0 bridgehead atoms. The third-order valence-electron chi connectivity index (χ3n) is 5.89. The highest BCUT2D eigenvalue weighted by Gasteiger charge is 2.43. The van der Waals surface area contributed by atoms with Gasteiger partial charge >= 0.3 is 12.1 Å². The molecule has 3 aromatic rings. The number of nitrogens with one attached hydrogen (secondary N) is 1. The zero-order valence-corrected chi connectivity index (χ0v) is 19.4. The Labute approximate surface area is 206 Å². The van der Waals surface area contributed by atoms with Crippen LogP contribution < -0.4 is 10.2 Å². The molecule has 5 nitrogen and oxygen atoms in total. The zero-order valence-electron chi connectivity index (χ0n) is 18.6. The summed E-state index contributed by atoms with van der Waals surface area (Å²) in [5.74, 6) is -2.68. The first kappa shape index (κ1) is 24.6. The normalized spacial score (nSPS) is 14.2. The molecule has 2 amide bonds. The molecule has 35 heavy (non-hydrogen) atoms. The second kappa shape index (κ2) is 10.4. The van der Waals surface area contributed by atoms with Crippen LogP contribution in [0, 0.1) is 0 Å². The Hall–Kier alpha value is -3.52. The summed E-state index contributed by atoms with van der Waals surface area (Å²) in [7, 11) is 0. The van der Waals surface area contributed by atoms with Crippen LogP contribution >= 0.6 is 11.6 Å². The first-order valence-electron chi connectivity index (χ1n) is 11.1. The molecule has 1 aliphatic heterocycles. The molecule has 1 aliphatic rings. The second-order valence-corrected chi connectivity index (χ2v) is 8.62. The van der Waals surface area contributed by atoms with Crippen molar-refractivity contribution in [2.24, 2.45) is 0 Å². The van der Waals surface area contributed by atoms with Crippen molar-refractivity contribution < 1.29 is 22.8 Å². The van der Waals surface area contributed by atoms with E-state index >= 15 is 0 Å². The Morgan fingerprint density at radius 2 is 1.37 bits per heavy atom. The molecule has 9 heteroatoms. The monoisotopic (exact) mass is 501 g/mol. The highest BCUT2D eigenvalue weighted by molar-refractivity contribution is 6.31. The number of amides is 2. The number of rotatable bonds is 5. The lowest BCUT2D eigenvalue weighted by Gasteiger charge is -2.37. The average molecular weight is 502 g/mol. The van der Waals surface area contributed by atoms with E-state index in [1.54, 1.807) is 18.2 Å². The van der Waals surface area contributed by atoms with Crippen molar-refractivity contribution in [1.82, 2.24) is 4.90 Å². The minimum absolute atomic E-state index is 0.0784. The summed E-state index contributed by atoms with van der Waals surface area (Å²) in [6, 6.07) is 23.7. The largest absolute Gasteiger partial charge is 0.471 e. The van der Waals surface area contributed by atoms with Crippen molar-refractivity contribution in [3.63, 3.8) is 0 Å². The van der Waals surface area contributed by atoms with E-state index in [2.05, 4.69) is 5.32 Å². The van der Waals surface area contributed by atoms with Gasteiger partial charge in [-0.15, -0.1) is 0 Å². The van der Waals surface area contributed by atoms with E-state index in [4.69, 9.17) is 11.6 Å². The Kier molecular flexibility index (Phi) is 7.31. The highest BCUT2D eigenvalue weighted by Crippen LogP contribution is 2.33. The molecule has 182 valence electrons. The summed E-state index contributed by atoms with van der Waals surface area (Å²) < 4.78 is 38.4. The van der Waals surface area contributed by atoms with Gasteiger partial charge in [0.2, 0.25) is 5.91 Å². The molecule has 3 aromatic carbocycles. The Bertz CT molecular complexity index is 1140. The molecular weight excluding hydrogens is 479 g/mol. The third-order valence-corrected chi connectivity index (χ3v) is 6.13. The molecule has 1 heterocycles. The van der Waals surface area contributed by atoms with Crippen LogP contribution in [-0.4, -0.2) is 49.1 Å². The van der Waals surface area contributed by atoms with Crippen LogP contribution in [0.3, 0.4) is 0 Å². The van der Waals surface area contributed by atoms with Crippen molar-refractivity contribution in [3.05, 3.63) is 95.0 Å². The second-order valence-electron chi connectivity index (χ2n) is 8.18. The van der Waals surface area contributed by atoms with Crippen molar-refractivity contribution >= 4 is 34.8 Å². The summed E-state index contributed by atoms with van der Waals surface area (Å²) in [6.07, 6.45) is -4.90.